The Morgan fingerprint density at radius 3 is 1.92 bits per heavy atom. The molecule has 0 bridgehead atoms. The van der Waals surface area contributed by atoms with E-state index in [2.05, 4.69) is 0 Å². The number of carboxylic acid groups (broad SMARTS) is 1. The van der Waals surface area contributed by atoms with Crippen LogP contribution in [0.2, 0.25) is 0 Å². The molecule has 0 aromatic heterocycles. The van der Waals surface area contributed by atoms with Gasteiger partial charge < -0.3 is 45.6 Å². The van der Waals surface area contributed by atoms with E-state index in [1.807, 2.05) is 0 Å². The number of aliphatic hydroxyl groups excluding tert-OH is 1. The van der Waals surface area contributed by atoms with Gasteiger partial charge in [-0.1, -0.05) is 13.8 Å². The lowest BCUT2D eigenvalue weighted by Crippen LogP contribution is -2.76. The van der Waals surface area contributed by atoms with E-state index >= 15 is 0 Å². The van der Waals surface area contributed by atoms with Gasteiger partial charge in [-0.25, -0.2) is 4.79 Å². The van der Waals surface area contributed by atoms with E-state index in [-0.39, 0.29) is 5.56 Å². The van der Waals surface area contributed by atoms with Gasteiger partial charge in [0.05, 0.1) is 29.4 Å². The van der Waals surface area contributed by atoms with Crippen molar-refractivity contribution in [2.24, 2.45) is 5.41 Å². The highest BCUT2D eigenvalue weighted by atomic mass is 16.5. The van der Waals surface area contributed by atoms with Gasteiger partial charge in [-0.05, 0) is 39.3 Å². The molecule has 12 nitrogen and oxygen atoms in total. The highest BCUT2D eigenvalue weighted by molar-refractivity contribution is 6.31. The van der Waals surface area contributed by atoms with Crippen molar-refractivity contribution in [1.82, 2.24) is 0 Å². The fourth-order valence-electron chi connectivity index (χ4n) is 5.93. The van der Waals surface area contributed by atoms with E-state index in [4.69, 9.17) is 4.74 Å². The van der Waals surface area contributed by atoms with Crippen molar-refractivity contribution >= 4 is 17.5 Å². The van der Waals surface area contributed by atoms with Crippen molar-refractivity contribution in [1.29, 1.82) is 0 Å². The van der Waals surface area contributed by atoms with Crippen molar-refractivity contribution in [3.8, 4) is 23.0 Å². The van der Waals surface area contributed by atoms with Gasteiger partial charge in [0.15, 0.2) is 23.1 Å². The molecule has 0 spiro atoms. The summed E-state index contributed by atoms with van der Waals surface area (Å²) in [7, 11) is 0. The average molecular weight is 547 g/mol. The number of aromatic carboxylic acids is 1. The number of hydrogen-bond donors (Lipinski definition) is 8. The first-order valence-electron chi connectivity index (χ1n) is 12.0. The zero-order chi connectivity index (χ0) is 29.8. The highest BCUT2D eigenvalue weighted by Gasteiger charge is 2.70. The minimum absolute atomic E-state index is 0.285. The van der Waals surface area contributed by atoms with E-state index < -0.39 is 109 Å². The summed E-state index contributed by atoms with van der Waals surface area (Å²) in [6.07, 6.45) is -1.20. The van der Waals surface area contributed by atoms with E-state index in [0.717, 1.165) is 19.9 Å². The van der Waals surface area contributed by atoms with Crippen LogP contribution in [0.4, 0.5) is 0 Å². The Bertz CT molecular complexity index is 1480. The third kappa shape index (κ3) is 3.16. The number of aliphatic hydroxyl groups is 3. The summed E-state index contributed by atoms with van der Waals surface area (Å²) in [5.41, 5.74) is -12.3. The van der Waals surface area contributed by atoms with Crippen LogP contribution in [0.25, 0.3) is 0 Å². The SMILES string of the molecule is Cc1c(C(=O)O)c(O)cc2c1C(=O)c1c(O)c([C@@]3(C)OC(CO)C(C)(C)C(C)(O)C3(C)O)c(O)c(O)c1C2=O. The highest BCUT2D eigenvalue weighted by Crippen LogP contribution is 2.61. The zero-order valence-corrected chi connectivity index (χ0v) is 22.1. The van der Waals surface area contributed by atoms with Gasteiger partial charge >= 0.3 is 5.97 Å². The van der Waals surface area contributed by atoms with Crippen LogP contribution in [-0.4, -0.2) is 82.3 Å². The Kier molecular flexibility index (Phi) is 5.91. The summed E-state index contributed by atoms with van der Waals surface area (Å²) in [5, 5.41) is 86.5. The molecule has 2 aliphatic rings. The maximum atomic E-state index is 13.7. The molecule has 0 radical (unpaired) electrons. The number of phenols is 4. The summed E-state index contributed by atoms with van der Waals surface area (Å²) in [6.45, 7) is 7.11. The molecular weight excluding hydrogens is 516 g/mol. The summed E-state index contributed by atoms with van der Waals surface area (Å²) in [5.74, 6) is -8.00. The molecule has 0 amide bonds. The molecule has 2 aromatic rings. The van der Waals surface area contributed by atoms with Gasteiger partial charge in [-0.3, -0.25) is 9.59 Å². The Morgan fingerprint density at radius 2 is 1.41 bits per heavy atom. The smallest absolute Gasteiger partial charge is 0.339 e. The maximum Gasteiger partial charge on any atom is 0.339 e. The number of fused-ring (bicyclic) bond motifs is 2. The second kappa shape index (κ2) is 8.15. The van der Waals surface area contributed by atoms with Gasteiger partial charge in [-0.2, -0.15) is 0 Å². The molecule has 1 aliphatic heterocycles. The van der Waals surface area contributed by atoms with Gasteiger partial charge in [0.2, 0.25) is 0 Å². The molecule has 1 fully saturated rings. The number of ether oxygens (including phenoxy) is 1. The molecule has 2 aromatic carbocycles. The lowest BCUT2D eigenvalue weighted by Gasteiger charge is -2.63. The van der Waals surface area contributed by atoms with Crippen LogP contribution >= 0.6 is 0 Å². The predicted molar refractivity (Wildman–Crippen MR) is 132 cm³/mol. The number of aromatic hydroxyl groups is 4. The Balaban J connectivity index is 2.10. The van der Waals surface area contributed by atoms with E-state index in [0.29, 0.717) is 0 Å². The lowest BCUT2D eigenvalue weighted by molar-refractivity contribution is -0.360. The first kappa shape index (κ1) is 28.3. The second-order valence-corrected chi connectivity index (χ2v) is 11.1. The summed E-state index contributed by atoms with van der Waals surface area (Å²) >= 11 is 0. The van der Waals surface area contributed by atoms with Crippen molar-refractivity contribution in [2.75, 3.05) is 6.61 Å². The molecule has 0 saturated carbocycles. The minimum Gasteiger partial charge on any atom is -0.507 e. The number of ketones is 2. The molecule has 1 aliphatic carbocycles. The van der Waals surface area contributed by atoms with Crippen LogP contribution < -0.4 is 0 Å². The number of carbonyl (C=O) groups is 3. The van der Waals surface area contributed by atoms with E-state index in [1.54, 1.807) is 0 Å². The normalized spacial score (nSPS) is 29.6. The first-order valence-corrected chi connectivity index (χ1v) is 12.0. The van der Waals surface area contributed by atoms with Crippen LogP contribution in [0.5, 0.6) is 23.0 Å². The standard InChI is InChI=1S/C27H30O12/c1-9-13-10(7-11(29)14(9)23(35)36)18(30)15-16(19(13)31)20(32)17(22(34)21(15)33)25(4)27(6,38)26(5,37)24(2,3)12(8-28)39-25/h7,12,28-29,32-34,37-38H,8H2,1-6H3,(H,35,36)/t12?,25-,26?,27?/m1/s1. The van der Waals surface area contributed by atoms with Gasteiger partial charge in [0, 0.05) is 16.5 Å². The quantitative estimate of drug-likeness (QED) is 0.173. The summed E-state index contributed by atoms with van der Waals surface area (Å²) < 4.78 is 6.01. The van der Waals surface area contributed by atoms with Crippen molar-refractivity contribution in [3.63, 3.8) is 0 Å². The Morgan fingerprint density at radius 1 is 0.872 bits per heavy atom. The number of benzene rings is 2. The largest absolute Gasteiger partial charge is 0.507 e. The van der Waals surface area contributed by atoms with E-state index in [1.165, 1.54) is 27.7 Å². The number of hydrogen-bond acceptors (Lipinski definition) is 11. The number of carbonyl (C=O) groups excluding carboxylic acids is 2. The van der Waals surface area contributed by atoms with Crippen molar-refractivity contribution < 1.29 is 60.0 Å². The third-order valence-corrected chi connectivity index (χ3v) is 9.08. The van der Waals surface area contributed by atoms with Gasteiger partial charge in [0.1, 0.15) is 33.9 Å². The van der Waals surface area contributed by atoms with Crippen LogP contribution in [0.15, 0.2) is 6.07 Å². The molecule has 4 atom stereocenters. The van der Waals surface area contributed by atoms with Gasteiger partial charge in [-0.15, -0.1) is 0 Å². The summed E-state index contributed by atoms with van der Waals surface area (Å²) in [4.78, 5) is 38.8. The molecule has 3 unspecified atom stereocenters. The number of carboxylic acids is 1. The second-order valence-electron chi connectivity index (χ2n) is 11.1. The summed E-state index contributed by atoms with van der Waals surface area (Å²) in [6, 6.07) is 0.748. The fraction of sp³-hybridized carbons (Fsp3) is 0.444. The minimum atomic E-state index is -2.37. The Labute approximate surface area is 222 Å². The van der Waals surface area contributed by atoms with Crippen LogP contribution in [-0.2, 0) is 10.3 Å². The molecule has 1 heterocycles. The molecule has 8 N–H and O–H groups in total. The van der Waals surface area contributed by atoms with Crippen LogP contribution in [0.1, 0.15) is 87.9 Å². The lowest BCUT2D eigenvalue weighted by atomic mass is 9.55. The molecule has 12 heteroatoms. The topological polar surface area (TPSA) is 222 Å². The fourth-order valence-corrected chi connectivity index (χ4v) is 5.93. The molecule has 210 valence electrons. The van der Waals surface area contributed by atoms with Crippen molar-refractivity contribution in [3.05, 3.63) is 45.0 Å². The van der Waals surface area contributed by atoms with Crippen LogP contribution in [0, 0.1) is 12.3 Å². The van der Waals surface area contributed by atoms with Gasteiger partial charge in [0.25, 0.3) is 0 Å². The number of rotatable bonds is 3. The maximum absolute atomic E-state index is 13.7. The van der Waals surface area contributed by atoms with Crippen molar-refractivity contribution in [2.45, 2.75) is 64.4 Å². The zero-order valence-electron chi connectivity index (χ0n) is 22.1. The molecular formula is C27H30O12. The first-order chi connectivity index (χ1) is 17.7. The molecule has 1 saturated heterocycles. The van der Waals surface area contributed by atoms with Crippen LogP contribution in [0.3, 0.4) is 0 Å². The predicted octanol–water partition coefficient (Wildman–Crippen LogP) is 1.43. The monoisotopic (exact) mass is 546 g/mol. The Hall–Kier alpha value is -3.71. The number of phenolic OH excluding ortho intramolecular Hbond substituents is 3. The third-order valence-electron chi connectivity index (χ3n) is 9.08. The van der Waals surface area contributed by atoms with E-state index in [9.17, 15) is 55.2 Å². The molecule has 4 rings (SSSR count). The average Bonchev–Trinajstić information content (AvgIpc) is 2.81. The molecule has 39 heavy (non-hydrogen) atoms.